The monoisotopic (exact) mass is 368 g/mol. The number of nitrogens with one attached hydrogen (secondary N) is 1. The van der Waals surface area contributed by atoms with Gasteiger partial charge in [-0.25, -0.2) is 4.39 Å². The van der Waals surface area contributed by atoms with Crippen LogP contribution in [0.4, 0.5) is 4.39 Å². The molecule has 0 fully saturated rings. The van der Waals surface area contributed by atoms with Gasteiger partial charge in [0.2, 0.25) is 0 Å². The summed E-state index contributed by atoms with van der Waals surface area (Å²) >= 11 is 0. The Morgan fingerprint density at radius 1 is 1.15 bits per heavy atom. The molecule has 0 atom stereocenters. The number of rotatable bonds is 7. The zero-order chi connectivity index (χ0) is 19.4. The van der Waals surface area contributed by atoms with Crippen molar-refractivity contribution in [3.63, 3.8) is 0 Å². The van der Waals surface area contributed by atoms with Crippen molar-refractivity contribution in [2.24, 2.45) is 0 Å². The second kappa shape index (κ2) is 8.35. The smallest absolute Gasteiger partial charge is 0.251 e. The van der Waals surface area contributed by atoms with Crippen LogP contribution in [0.1, 0.15) is 33.6 Å². The molecule has 27 heavy (non-hydrogen) atoms. The highest BCUT2D eigenvalue weighted by Gasteiger charge is 2.14. The molecular formula is C22H25FN2O2. The summed E-state index contributed by atoms with van der Waals surface area (Å²) in [4.78, 5) is 12.4. The van der Waals surface area contributed by atoms with Gasteiger partial charge in [0.25, 0.3) is 5.91 Å². The van der Waals surface area contributed by atoms with Crippen LogP contribution in [-0.2, 0) is 11.3 Å². The number of hydrogen-bond donors (Lipinski definition) is 1. The maximum Gasteiger partial charge on any atom is 0.251 e. The van der Waals surface area contributed by atoms with E-state index in [1.54, 1.807) is 19.2 Å². The van der Waals surface area contributed by atoms with Gasteiger partial charge in [-0.15, -0.1) is 0 Å². The summed E-state index contributed by atoms with van der Waals surface area (Å²) in [5.74, 6) is -0.304. The molecular weight excluding hydrogens is 343 g/mol. The Morgan fingerprint density at radius 2 is 1.89 bits per heavy atom. The molecule has 2 aromatic carbocycles. The van der Waals surface area contributed by atoms with E-state index in [2.05, 4.69) is 23.7 Å². The third-order valence-corrected chi connectivity index (χ3v) is 4.97. The van der Waals surface area contributed by atoms with E-state index in [-0.39, 0.29) is 11.7 Å². The Morgan fingerprint density at radius 3 is 2.59 bits per heavy atom. The number of carbonyl (C=O) groups excluding carboxylic acids is 1. The number of amides is 1. The van der Waals surface area contributed by atoms with Gasteiger partial charge >= 0.3 is 0 Å². The average molecular weight is 368 g/mol. The Balaban J connectivity index is 1.86. The summed E-state index contributed by atoms with van der Waals surface area (Å²) in [6.07, 6.45) is 0.788. The zero-order valence-corrected chi connectivity index (χ0v) is 16.0. The first kappa shape index (κ1) is 19.1. The summed E-state index contributed by atoms with van der Waals surface area (Å²) in [6, 6.07) is 12.4. The van der Waals surface area contributed by atoms with Crippen molar-refractivity contribution in [1.29, 1.82) is 0 Å². The van der Waals surface area contributed by atoms with Crippen molar-refractivity contribution in [3.05, 3.63) is 70.7 Å². The van der Waals surface area contributed by atoms with Crippen LogP contribution in [0.3, 0.4) is 0 Å². The first-order chi connectivity index (χ1) is 13.0. The van der Waals surface area contributed by atoms with Crippen molar-refractivity contribution in [3.8, 4) is 0 Å². The van der Waals surface area contributed by atoms with Crippen LogP contribution in [0.5, 0.6) is 0 Å². The summed E-state index contributed by atoms with van der Waals surface area (Å²) in [5.41, 5.74) is 5.07. The predicted molar refractivity (Wildman–Crippen MR) is 106 cm³/mol. The third-order valence-electron chi connectivity index (χ3n) is 4.97. The summed E-state index contributed by atoms with van der Waals surface area (Å²) < 4.78 is 20.4. The molecule has 142 valence electrons. The highest BCUT2D eigenvalue weighted by molar-refractivity contribution is 5.99. The summed E-state index contributed by atoms with van der Waals surface area (Å²) in [6.45, 7) is 6.03. The number of methoxy groups -OCH3 is 1. The average Bonchev–Trinajstić information content (AvgIpc) is 2.91. The van der Waals surface area contributed by atoms with Gasteiger partial charge in [0.15, 0.2) is 0 Å². The lowest BCUT2D eigenvalue weighted by Crippen LogP contribution is -2.25. The second-order valence-corrected chi connectivity index (χ2v) is 6.76. The first-order valence-corrected chi connectivity index (χ1v) is 9.12. The van der Waals surface area contributed by atoms with Crippen LogP contribution in [0.2, 0.25) is 0 Å². The van der Waals surface area contributed by atoms with Crippen LogP contribution < -0.4 is 5.32 Å². The molecule has 0 aliphatic carbocycles. The maximum atomic E-state index is 13.2. The van der Waals surface area contributed by atoms with E-state index in [0.29, 0.717) is 25.3 Å². The molecule has 1 N–H and O–H groups in total. The highest BCUT2D eigenvalue weighted by Crippen LogP contribution is 2.27. The first-order valence-electron chi connectivity index (χ1n) is 9.12. The van der Waals surface area contributed by atoms with E-state index in [1.165, 1.54) is 12.1 Å². The molecule has 1 amide bonds. The second-order valence-electron chi connectivity index (χ2n) is 6.76. The number of carbonyl (C=O) groups is 1. The molecule has 0 radical (unpaired) electrons. The maximum absolute atomic E-state index is 13.2. The molecule has 0 saturated heterocycles. The fraction of sp³-hybridized carbons (Fsp3) is 0.318. The van der Waals surface area contributed by atoms with Gasteiger partial charge in [-0.05, 0) is 61.7 Å². The largest absolute Gasteiger partial charge is 0.385 e. The number of benzene rings is 2. The SMILES string of the molecule is COCCCNC(=O)c1ccc2c(c1)c(C)c(C)n2Cc1ccc(F)cc1. The van der Waals surface area contributed by atoms with E-state index in [9.17, 15) is 9.18 Å². The van der Waals surface area contributed by atoms with E-state index in [0.717, 1.165) is 34.1 Å². The summed E-state index contributed by atoms with van der Waals surface area (Å²) in [5, 5.41) is 3.99. The number of fused-ring (bicyclic) bond motifs is 1. The number of nitrogens with zero attached hydrogens (tertiary/aromatic N) is 1. The quantitative estimate of drug-likeness (QED) is 0.635. The fourth-order valence-corrected chi connectivity index (χ4v) is 3.29. The van der Waals surface area contributed by atoms with Gasteiger partial charge in [0.05, 0.1) is 0 Å². The fourth-order valence-electron chi connectivity index (χ4n) is 3.29. The van der Waals surface area contributed by atoms with Crippen LogP contribution in [0, 0.1) is 19.7 Å². The Labute approximate surface area is 158 Å². The summed E-state index contributed by atoms with van der Waals surface area (Å²) in [7, 11) is 1.65. The number of aryl methyl sites for hydroxylation is 1. The lowest BCUT2D eigenvalue weighted by molar-refractivity contribution is 0.0948. The van der Waals surface area contributed by atoms with Crippen LogP contribution in [-0.4, -0.2) is 30.7 Å². The molecule has 0 saturated carbocycles. The third kappa shape index (κ3) is 4.19. The Kier molecular flexibility index (Phi) is 5.91. The van der Waals surface area contributed by atoms with Crippen molar-refractivity contribution < 1.29 is 13.9 Å². The van der Waals surface area contributed by atoms with Gasteiger partial charge in [-0.3, -0.25) is 4.79 Å². The molecule has 3 rings (SSSR count). The van der Waals surface area contributed by atoms with Crippen molar-refractivity contribution in [1.82, 2.24) is 9.88 Å². The van der Waals surface area contributed by atoms with E-state index in [4.69, 9.17) is 4.74 Å². The zero-order valence-electron chi connectivity index (χ0n) is 16.0. The molecule has 4 nitrogen and oxygen atoms in total. The van der Waals surface area contributed by atoms with Crippen LogP contribution in [0.15, 0.2) is 42.5 Å². The van der Waals surface area contributed by atoms with Gasteiger partial charge in [-0.2, -0.15) is 0 Å². The van der Waals surface area contributed by atoms with Gasteiger partial charge in [0.1, 0.15) is 5.82 Å². The Hall–Kier alpha value is -2.66. The minimum atomic E-state index is -0.231. The number of ether oxygens (including phenoxy) is 1. The number of halogens is 1. The normalized spacial score (nSPS) is 11.1. The molecule has 1 heterocycles. The van der Waals surface area contributed by atoms with Gasteiger partial charge in [0, 0.05) is 49.0 Å². The number of hydrogen-bond acceptors (Lipinski definition) is 2. The molecule has 5 heteroatoms. The van der Waals surface area contributed by atoms with Gasteiger partial charge < -0.3 is 14.6 Å². The minimum absolute atomic E-state index is 0.0728. The molecule has 1 aromatic heterocycles. The lowest BCUT2D eigenvalue weighted by Gasteiger charge is -2.09. The van der Waals surface area contributed by atoms with Crippen LogP contribution in [0.25, 0.3) is 10.9 Å². The van der Waals surface area contributed by atoms with Crippen molar-refractivity contribution in [2.45, 2.75) is 26.8 Å². The molecule has 0 bridgehead atoms. The minimum Gasteiger partial charge on any atom is -0.385 e. The van der Waals surface area contributed by atoms with Crippen LogP contribution >= 0.6 is 0 Å². The molecule has 3 aromatic rings. The Bertz CT molecular complexity index is 945. The van der Waals surface area contributed by atoms with E-state index < -0.39 is 0 Å². The highest BCUT2D eigenvalue weighted by atomic mass is 19.1. The lowest BCUT2D eigenvalue weighted by atomic mass is 10.1. The van der Waals surface area contributed by atoms with Crippen molar-refractivity contribution >= 4 is 16.8 Å². The van der Waals surface area contributed by atoms with E-state index >= 15 is 0 Å². The van der Waals surface area contributed by atoms with Gasteiger partial charge in [-0.1, -0.05) is 12.1 Å². The molecule has 0 aliphatic heterocycles. The molecule has 0 aliphatic rings. The van der Waals surface area contributed by atoms with Crippen molar-refractivity contribution in [2.75, 3.05) is 20.3 Å². The standard InChI is InChI=1S/C22H25FN2O2/c1-15-16(2)25(14-17-5-8-19(23)9-6-17)21-10-7-18(13-20(15)21)22(26)24-11-4-12-27-3/h5-10,13H,4,11-12,14H2,1-3H3,(H,24,26). The topological polar surface area (TPSA) is 43.3 Å². The van der Waals surface area contributed by atoms with E-state index in [1.807, 2.05) is 18.2 Å². The predicted octanol–water partition coefficient (Wildman–Crippen LogP) is 4.21. The molecule has 0 unspecified atom stereocenters. The molecule has 0 spiro atoms. The number of aromatic nitrogens is 1.